The maximum Gasteiger partial charge on any atom is 0.257 e. The number of carbonyl (C=O) groups excluding carboxylic acids is 1. The molecule has 0 atom stereocenters. The smallest absolute Gasteiger partial charge is 0.257 e. The molecule has 0 aliphatic heterocycles. The van der Waals surface area contributed by atoms with Crippen LogP contribution in [0.3, 0.4) is 0 Å². The standard InChI is InChI=1S/C13H19NO2/c1-8(2)14(11-5-6-11)13(15)12-7-9(3)16-10(12)4/h7-8,11H,5-6H2,1-4H3. The summed E-state index contributed by atoms with van der Waals surface area (Å²) in [5.41, 5.74) is 0.720. The van der Waals surface area contributed by atoms with Gasteiger partial charge < -0.3 is 9.32 Å². The summed E-state index contributed by atoms with van der Waals surface area (Å²) in [5, 5.41) is 0. The Balaban J connectivity index is 2.25. The first-order valence-electron chi connectivity index (χ1n) is 5.90. The van der Waals surface area contributed by atoms with Gasteiger partial charge in [0.2, 0.25) is 0 Å². The summed E-state index contributed by atoms with van der Waals surface area (Å²) in [6.07, 6.45) is 2.28. The molecule has 1 amide bonds. The van der Waals surface area contributed by atoms with Crippen molar-refractivity contribution < 1.29 is 9.21 Å². The van der Waals surface area contributed by atoms with Crippen LogP contribution >= 0.6 is 0 Å². The molecule has 16 heavy (non-hydrogen) atoms. The van der Waals surface area contributed by atoms with E-state index >= 15 is 0 Å². The first-order valence-corrected chi connectivity index (χ1v) is 5.90. The van der Waals surface area contributed by atoms with Crippen LogP contribution in [-0.4, -0.2) is 22.9 Å². The van der Waals surface area contributed by atoms with Gasteiger partial charge in [-0.25, -0.2) is 0 Å². The van der Waals surface area contributed by atoms with Crippen molar-refractivity contribution in [2.45, 2.75) is 52.6 Å². The summed E-state index contributed by atoms with van der Waals surface area (Å²) in [6, 6.07) is 2.55. The van der Waals surface area contributed by atoms with Crippen LogP contribution in [0.4, 0.5) is 0 Å². The lowest BCUT2D eigenvalue weighted by molar-refractivity contribution is 0.0688. The van der Waals surface area contributed by atoms with E-state index in [1.54, 1.807) is 0 Å². The normalized spacial score (nSPS) is 15.6. The molecule has 0 N–H and O–H groups in total. The third-order valence-electron chi connectivity index (χ3n) is 3.00. The van der Waals surface area contributed by atoms with Gasteiger partial charge in [0.05, 0.1) is 5.56 Å². The van der Waals surface area contributed by atoms with Crippen LogP contribution in [0.25, 0.3) is 0 Å². The number of amides is 1. The lowest BCUT2D eigenvalue weighted by atomic mass is 10.2. The molecule has 1 saturated carbocycles. The lowest BCUT2D eigenvalue weighted by Gasteiger charge is -2.26. The van der Waals surface area contributed by atoms with E-state index in [0.29, 0.717) is 6.04 Å². The zero-order chi connectivity index (χ0) is 11.9. The fourth-order valence-electron chi connectivity index (χ4n) is 2.16. The summed E-state index contributed by atoms with van der Waals surface area (Å²) >= 11 is 0. The Morgan fingerprint density at radius 3 is 2.44 bits per heavy atom. The van der Waals surface area contributed by atoms with Gasteiger partial charge in [-0.05, 0) is 46.6 Å². The molecule has 88 valence electrons. The Morgan fingerprint density at radius 2 is 2.06 bits per heavy atom. The van der Waals surface area contributed by atoms with Gasteiger partial charge in [0.25, 0.3) is 5.91 Å². The van der Waals surface area contributed by atoms with E-state index in [2.05, 4.69) is 13.8 Å². The van der Waals surface area contributed by atoms with Crippen LogP contribution in [0.15, 0.2) is 10.5 Å². The Kier molecular flexibility index (Phi) is 2.78. The molecular weight excluding hydrogens is 202 g/mol. The minimum atomic E-state index is 0.117. The van der Waals surface area contributed by atoms with Crippen LogP contribution in [0.1, 0.15) is 48.6 Å². The van der Waals surface area contributed by atoms with E-state index in [-0.39, 0.29) is 11.9 Å². The lowest BCUT2D eigenvalue weighted by Crippen LogP contribution is -2.38. The van der Waals surface area contributed by atoms with Crippen LogP contribution in [0, 0.1) is 13.8 Å². The average Bonchev–Trinajstić information content (AvgIpc) is 2.92. The number of rotatable bonds is 3. The van der Waals surface area contributed by atoms with Crippen molar-refractivity contribution in [3.8, 4) is 0 Å². The molecule has 0 aromatic carbocycles. The van der Waals surface area contributed by atoms with Crippen molar-refractivity contribution in [3.63, 3.8) is 0 Å². The van der Waals surface area contributed by atoms with Crippen LogP contribution < -0.4 is 0 Å². The fraction of sp³-hybridized carbons (Fsp3) is 0.615. The minimum absolute atomic E-state index is 0.117. The third-order valence-corrected chi connectivity index (χ3v) is 3.00. The number of hydrogen-bond donors (Lipinski definition) is 0. The van der Waals surface area contributed by atoms with Gasteiger partial charge in [0.1, 0.15) is 11.5 Å². The third kappa shape index (κ3) is 1.99. The molecule has 1 aromatic heterocycles. The van der Waals surface area contributed by atoms with E-state index in [1.807, 2.05) is 24.8 Å². The summed E-state index contributed by atoms with van der Waals surface area (Å²) in [4.78, 5) is 14.4. The average molecular weight is 221 g/mol. The fourth-order valence-corrected chi connectivity index (χ4v) is 2.16. The predicted molar refractivity (Wildman–Crippen MR) is 62.5 cm³/mol. The number of aryl methyl sites for hydroxylation is 2. The second-order valence-corrected chi connectivity index (χ2v) is 4.86. The van der Waals surface area contributed by atoms with Gasteiger partial charge in [0, 0.05) is 12.1 Å². The van der Waals surface area contributed by atoms with E-state index in [1.165, 1.54) is 0 Å². The van der Waals surface area contributed by atoms with E-state index < -0.39 is 0 Å². The van der Waals surface area contributed by atoms with E-state index in [0.717, 1.165) is 29.9 Å². The summed E-state index contributed by atoms with van der Waals surface area (Å²) in [7, 11) is 0. The van der Waals surface area contributed by atoms with E-state index in [9.17, 15) is 4.79 Å². The van der Waals surface area contributed by atoms with Crippen molar-refractivity contribution in [3.05, 3.63) is 23.2 Å². The predicted octanol–water partition coefficient (Wildman–Crippen LogP) is 2.91. The molecule has 3 nitrogen and oxygen atoms in total. The highest BCUT2D eigenvalue weighted by molar-refractivity contribution is 5.95. The van der Waals surface area contributed by atoms with Gasteiger partial charge in [0.15, 0.2) is 0 Å². The number of hydrogen-bond acceptors (Lipinski definition) is 2. The summed E-state index contributed by atoms with van der Waals surface area (Å²) < 4.78 is 5.42. The number of carbonyl (C=O) groups is 1. The van der Waals surface area contributed by atoms with E-state index in [4.69, 9.17) is 4.42 Å². The molecule has 1 aliphatic carbocycles. The first kappa shape index (κ1) is 11.2. The Labute approximate surface area is 96.4 Å². The highest BCUT2D eigenvalue weighted by Crippen LogP contribution is 2.31. The van der Waals surface area contributed by atoms with Crippen molar-refractivity contribution in [1.82, 2.24) is 4.90 Å². The molecule has 0 unspecified atom stereocenters. The Hall–Kier alpha value is -1.25. The van der Waals surface area contributed by atoms with Gasteiger partial charge in [-0.1, -0.05) is 0 Å². The molecule has 3 heteroatoms. The highest BCUT2D eigenvalue weighted by atomic mass is 16.3. The van der Waals surface area contributed by atoms with Gasteiger partial charge in [-0.2, -0.15) is 0 Å². The zero-order valence-corrected chi connectivity index (χ0v) is 10.4. The molecule has 1 aromatic rings. The van der Waals surface area contributed by atoms with Crippen molar-refractivity contribution in [1.29, 1.82) is 0 Å². The van der Waals surface area contributed by atoms with Crippen LogP contribution in [0.2, 0.25) is 0 Å². The quantitative estimate of drug-likeness (QED) is 0.786. The Bertz CT molecular complexity index is 400. The minimum Gasteiger partial charge on any atom is -0.466 e. The van der Waals surface area contributed by atoms with Crippen LogP contribution in [0.5, 0.6) is 0 Å². The van der Waals surface area contributed by atoms with Gasteiger partial charge in [-0.3, -0.25) is 4.79 Å². The molecule has 0 spiro atoms. The second kappa shape index (κ2) is 3.96. The van der Waals surface area contributed by atoms with Crippen molar-refractivity contribution in [2.75, 3.05) is 0 Å². The summed E-state index contributed by atoms with van der Waals surface area (Å²) in [5.74, 6) is 1.65. The molecular formula is C13H19NO2. The zero-order valence-electron chi connectivity index (χ0n) is 10.4. The largest absolute Gasteiger partial charge is 0.466 e. The topological polar surface area (TPSA) is 33.5 Å². The maximum atomic E-state index is 12.4. The molecule has 1 aliphatic rings. The van der Waals surface area contributed by atoms with Gasteiger partial charge >= 0.3 is 0 Å². The number of furan rings is 1. The van der Waals surface area contributed by atoms with Crippen molar-refractivity contribution in [2.24, 2.45) is 0 Å². The van der Waals surface area contributed by atoms with Crippen LogP contribution in [-0.2, 0) is 0 Å². The Morgan fingerprint density at radius 1 is 1.44 bits per heavy atom. The molecule has 2 rings (SSSR count). The monoisotopic (exact) mass is 221 g/mol. The molecule has 0 radical (unpaired) electrons. The number of nitrogens with zero attached hydrogens (tertiary/aromatic N) is 1. The van der Waals surface area contributed by atoms with Gasteiger partial charge in [-0.15, -0.1) is 0 Å². The molecule has 0 bridgehead atoms. The van der Waals surface area contributed by atoms with Crippen molar-refractivity contribution >= 4 is 5.91 Å². The SMILES string of the molecule is Cc1cc(C(=O)N(C(C)C)C2CC2)c(C)o1. The highest BCUT2D eigenvalue weighted by Gasteiger charge is 2.35. The molecule has 0 saturated heterocycles. The molecule has 1 fully saturated rings. The maximum absolute atomic E-state index is 12.4. The first-order chi connectivity index (χ1) is 7.50. The second-order valence-electron chi connectivity index (χ2n) is 4.86. The molecule has 1 heterocycles. The summed E-state index contributed by atoms with van der Waals surface area (Å²) in [6.45, 7) is 7.86.